The summed E-state index contributed by atoms with van der Waals surface area (Å²) in [6.07, 6.45) is 3.61. The van der Waals surface area contributed by atoms with Crippen LogP contribution in [0, 0.1) is 0 Å². The monoisotopic (exact) mass is 396 g/mol. The Morgan fingerprint density at radius 3 is 2.59 bits per heavy atom. The van der Waals surface area contributed by atoms with Gasteiger partial charge in [-0.1, -0.05) is 13.8 Å². The number of ether oxygens (including phenoxy) is 1. The SMILES string of the molecule is CCN(CC)CCn1ncc2c(-c3ccc(N)nc3)nc(N3CCOCC3)nc21. The highest BCUT2D eigenvalue weighted by atomic mass is 16.5. The number of anilines is 2. The van der Waals surface area contributed by atoms with E-state index < -0.39 is 0 Å². The van der Waals surface area contributed by atoms with Crippen molar-refractivity contribution in [1.82, 2.24) is 29.6 Å². The van der Waals surface area contributed by atoms with Crippen molar-refractivity contribution in [2.45, 2.75) is 20.4 Å². The number of nitrogens with two attached hydrogens (primary N) is 1. The Labute approximate surface area is 170 Å². The number of likely N-dealkylation sites (N-methyl/N-ethyl adjacent to an activating group) is 1. The Morgan fingerprint density at radius 2 is 1.90 bits per heavy atom. The molecule has 3 aromatic rings. The van der Waals surface area contributed by atoms with E-state index in [1.165, 1.54) is 0 Å². The van der Waals surface area contributed by atoms with Crippen molar-refractivity contribution in [3.8, 4) is 11.3 Å². The summed E-state index contributed by atoms with van der Waals surface area (Å²) < 4.78 is 7.47. The third-order valence-electron chi connectivity index (χ3n) is 5.36. The van der Waals surface area contributed by atoms with E-state index in [1.54, 1.807) is 12.3 Å². The summed E-state index contributed by atoms with van der Waals surface area (Å²) >= 11 is 0. The van der Waals surface area contributed by atoms with Crippen molar-refractivity contribution < 1.29 is 4.74 Å². The molecule has 9 heteroatoms. The Morgan fingerprint density at radius 1 is 1.10 bits per heavy atom. The highest BCUT2D eigenvalue weighted by molar-refractivity contribution is 5.91. The van der Waals surface area contributed by atoms with Crippen LogP contribution in [0.5, 0.6) is 0 Å². The highest BCUT2D eigenvalue weighted by Crippen LogP contribution is 2.28. The number of morpholine rings is 1. The van der Waals surface area contributed by atoms with Gasteiger partial charge in [-0.25, -0.2) is 14.6 Å². The first-order chi connectivity index (χ1) is 14.2. The predicted octanol–water partition coefficient (Wildman–Crippen LogP) is 1.65. The molecule has 154 valence electrons. The lowest BCUT2D eigenvalue weighted by atomic mass is 10.1. The van der Waals surface area contributed by atoms with E-state index in [9.17, 15) is 0 Å². The molecule has 0 unspecified atom stereocenters. The second-order valence-corrected chi connectivity index (χ2v) is 7.08. The maximum absolute atomic E-state index is 5.78. The van der Waals surface area contributed by atoms with Crippen LogP contribution in [-0.2, 0) is 11.3 Å². The van der Waals surface area contributed by atoms with Crippen LogP contribution in [-0.4, -0.2) is 75.6 Å². The van der Waals surface area contributed by atoms with Crippen molar-refractivity contribution in [1.29, 1.82) is 0 Å². The van der Waals surface area contributed by atoms with Gasteiger partial charge in [0.2, 0.25) is 5.95 Å². The quantitative estimate of drug-likeness (QED) is 0.644. The fourth-order valence-electron chi connectivity index (χ4n) is 3.55. The van der Waals surface area contributed by atoms with Crippen LogP contribution in [0.15, 0.2) is 24.5 Å². The van der Waals surface area contributed by atoms with Crippen LogP contribution >= 0.6 is 0 Å². The minimum atomic E-state index is 0.488. The van der Waals surface area contributed by atoms with Gasteiger partial charge in [-0.3, -0.25) is 0 Å². The van der Waals surface area contributed by atoms with E-state index in [4.69, 9.17) is 20.4 Å². The van der Waals surface area contributed by atoms with Gasteiger partial charge < -0.3 is 20.3 Å². The summed E-state index contributed by atoms with van der Waals surface area (Å²) in [5.41, 5.74) is 8.36. The van der Waals surface area contributed by atoms with Gasteiger partial charge in [0.05, 0.1) is 37.0 Å². The molecule has 0 amide bonds. The molecule has 1 aliphatic rings. The lowest BCUT2D eigenvalue weighted by Gasteiger charge is -2.27. The van der Waals surface area contributed by atoms with Crippen LogP contribution in [0.25, 0.3) is 22.3 Å². The van der Waals surface area contributed by atoms with E-state index in [1.807, 2.05) is 16.9 Å². The minimum absolute atomic E-state index is 0.488. The molecule has 4 rings (SSSR count). The summed E-state index contributed by atoms with van der Waals surface area (Å²) in [5, 5.41) is 5.55. The molecular formula is C20H28N8O. The topological polar surface area (TPSA) is 98.2 Å². The number of nitrogen functional groups attached to an aromatic ring is 1. The van der Waals surface area contributed by atoms with Crippen molar-refractivity contribution >= 4 is 22.8 Å². The predicted molar refractivity (Wildman–Crippen MR) is 114 cm³/mol. The lowest BCUT2D eigenvalue weighted by Crippen LogP contribution is -2.37. The number of hydrogen-bond donors (Lipinski definition) is 1. The molecule has 1 fully saturated rings. The Hall–Kier alpha value is -2.78. The largest absolute Gasteiger partial charge is 0.384 e. The molecule has 1 saturated heterocycles. The standard InChI is InChI=1S/C20H28N8O/c1-3-26(4-2)7-8-28-19-16(14-23-28)18(15-5-6-17(21)22-13-15)24-20(25-19)27-9-11-29-12-10-27/h5-6,13-14H,3-4,7-12H2,1-2H3,(H2,21,22). The summed E-state index contributed by atoms with van der Waals surface area (Å²) in [6.45, 7) is 11.0. The number of hydrogen-bond acceptors (Lipinski definition) is 8. The van der Waals surface area contributed by atoms with Crippen molar-refractivity contribution in [3.05, 3.63) is 24.5 Å². The van der Waals surface area contributed by atoms with Crippen molar-refractivity contribution in [2.75, 3.05) is 56.6 Å². The smallest absolute Gasteiger partial charge is 0.228 e. The first-order valence-corrected chi connectivity index (χ1v) is 10.2. The average Bonchev–Trinajstić information content (AvgIpc) is 3.18. The fourth-order valence-corrected chi connectivity index (χ4v) is 3.55. The van der Waals surface area contributed by atoms with Gasteiger partial charge in [0.1, 0.15) is 5.82 Å². The fraction of sp³-hybridized carbons (Fsp3) is 0.500. The molecule has 0 spiro atoms. The maximum Gasteiger partial charge on any atom is 0.228 e. The summed E-state index contributed by atoms with van der Waals surface area (Å²) in [7, 11) is 0. The molecule has 2 N–H and O–H groups in total. The highest BCUT2D eigenvalue weighted by Gasteiger charge is 2.20. The molecule has 4 heterocycles. The number of fused-ring (bicyclic) bond motifs is 1. The molecular weight excluding hydrogens is 368 g/mol. The van der Waals surface area contributed by atoms with E-state index >= 15 is 0 Å². The molecule has 0 saturated carbocycles. The molecule has 0 aromatic carbocycles. The van der Waals surface area contributed by atoms with Crippen LogP contribution < -0.4 is 10.6 Å². The van der Waals surface area contributed by atoms with E-state index in [0.717, 1.165) is 61.6 Å². The van der Waals surface area contributed by atoms with E-state index in [2.05, 4.69) is 33.7 Å². The Bertz CT molecular complexity index is 945. The first-order valence-electron chi connectivity index (χ1n) is 10.2. The van der Waals surface area contributed by atoms with Gasteiger partial charge in [0, 0.05) is 31.4 Å². The molecule has 9 nitrogen and oxygen atoms in total. The zero-order valence-electron chi connectivity index (χ0n) is 17.1. The molecule has 29 heavy (non-hydrogen) atoms. The molecule has 1 aliphatic heterocycles. The maximum atomic E-state index is 5.78. The van der Waals surface area contributed by atoms with Crippen LogP contribution in [0.4, 0.5) is 11.8 Å². The zero-order chi connectivity index (χ0) is 20.2. The molecule has 0 aliphatic carbocycles. The lowest BCUT2D eigenvalue weighted by molar-refractivity contribution is 0.122. The summed E-state index contributed by atoms with van der Waals surface area (Å²) in [4.78, 5) is 18.6. The van der Waals surface area contributed by atoms with E-state index in [-0.39, 0.29) is 0 Å². The second kappa shape index (κ2) is 8.71. The van der Waals surface area contributed by atoms with Gasteiger partial charge >= 0.3 is 0 Å². The second-order valence-electron chi connectivity index (χ2n) is 7.08. The summed E-state index contributed by atoms with van der Waals surface area (Å²) in [6, 6.07) is 3.74. The van der Waals surface area contributed by atoms with Crippen molar-refractivity contribution in [3.63, 3.8) is 0 Å². The van der Waals surface area contributed by atoms with Gasteiger partial charge in [-0.15, -0.1) is 0 Å². The van der Waals surface area contributed by atoms with Crippen LogP contribution in [0.2, 0.25) is 0 Å². The van der Waals surface area contributed by atoms with Crippen LogP contribution in [0.3, 0.4) is 0 Å². The number of pyridine rings is 1. The van der Waals surface area contributed by atoms with Crippen LogP contribution in [0.1, 0.15) is 13.8 Å². The molecule has 3 aromatic heterocycles. The zero-order valence-corrected chi connectivity index (χ0v) is 17.1. The number of rotatable bonds is 7. The third-order valence-corrected chi connectivity index (χ3v) is 5.36. The third kappa shape index (κ3) is 4.15. The van der Waals surface area contributed by atoms with Gasteiger partial charge in [-0.2, -0.15) is 10.1 Å². The van der Waals surface area contributed by atoms with Gasteiger partial charge in [0.25, 0.3) is 0 Å². The van der Waals surface area contributed by atoms with Gasteiger partial charge in [-0.05, 0) is 25.2 Å². The van der Waals surface area contributed by atoms with E-state index in [0.29, 0.717) is 25.0 Å². The number of aromatic nitrogens is 5. The molecule has 0 atom stereocenters. The first kappa shape index (κ1) is 19.5. The molecule has 0 radical (unpaired) electrons. The number of nitrogens with zero attached hydrogens (tertiary/aromatic N) is 7. The molecule has 0 bridgehead atoms. The normalized spacial score (nSPS) is 14.8. The minimum Gasteiger partial charge on any atom is -0.384 e. The average molecular weight is 396 g/mol. The Balaban J connectivity index is 1.76. The summed E-state index contributed by atoms with van der Waals surface area (Å²) in [5.74, 6) is 1.19. The van der Waals surface area contributed by atoms with Gasteiger partial charge in [0.15, 0.2) is 5.65 Å². The Kier molecular flexibility index (Phi) is 5.86. The van der Waals surface area contributed by atoms with Crippen molar-refractivity contribution in [2.24, 2.45) is 0 Å².